The first-order chi connectivity index (χ1) is 8.30. The normalized spacial score (nSPS) is 12.9. The van der Waals surface area contributed by atoms with Crippen LogP contribution in [0, 0.1) is 0 Å². The zero-order chi connectivity index (χ0) is 14.2. The van der Waals surface area contributed by atoms with Crippen molar-refractivity contribution in [2.75, 3.05) is 6.54 Å². The van der Waals surface area contributed by atoms with Crippen molar-refractivity contribution in [2.24, 2.45) is 4.99 Å². The minimum absolute atomic E-state index is 0.353. The average Bonchev–Trinajstić information content (AvgIpc) is 2.22. The van der Waals surface area contributed by atoms with Crippen LogP contribution < -0.4 is 10.9 Å². The van der Waals surface area contributed by atoms with E-state index in [4.69, 9.17) is 12.6 Å². The Morgan fingerprint density at radius 3 is 2.56 bits per heavy atom. The second-order valence-corrected chi connectivity index (χ2v) is 4.43. The molecular weight excluding hydrogens is 229 g/mol. The molecule has 5 nitrogen and oxygen atoms in total. The van der Waals surface area contributed by atoms with Gasteiger partial charge in [0.1, 0.15) is 13.4 Å². The van der Waals surface area contributed by atoms with Gasteiger partial charge >= 0.3 is 6.09 Å². The molecule has 0 aliphatic rings. The third-order valence-corrected chi connectivity index (χ3v) is 1.64. The van der Waals surface area contributed by atoms with Gasteiger partial charge in [-0.25, -0.2) is 10.2 Å². The van der Waals surface area contributed by atoms with Crippen molar-refractivity contribution in [1.29, 1.82) is 0 Å². The topological polar surface area (TPSA) is 62.7 Å². The molecule has 0 aliphatic carbocycles. The summed E-state index contributed by atoms with van der Waals surface area (Å²) in [7, 11) is 5.68. The molecule has 0 fully saturated rings. The van der Waals surface area contributed by atoms with E-state index in [1.807, 2.05) is 6.92 Å². The Hall–Kier alpha value is -1.72. The number of carbonyl (C=O) groups excluding carboxylic acids is 1. The second-order valence-electron chi connectivity index (χ2n) is 4.43. The van der Waals surface area contributed by atoms with Crippen LogP contribution in [0.4, 0.5) is 4.79 Å². The number of hydrogen-bond acceptors (Lipinski definition) is 4. The van der Waals surface area contributed by atoms with Gasteiger partial charge in [-0.1, -0.05) is 12.7 Å². The Morgan fingerprint density at radius 1 is 1.50 bits per heavy atom. The molecule has 0 unspecified atom stereocenters. The molecule has 0 saturated heterocycles. The number of ether oxygens (including phenoxy) is 1. The third-order valence-electron chi connectivity index (χ3n) is 1.64. The highest BCUT2D eigenvalue weighted by Crippen LogP contribution is 2.05. The summed E-state index contributed by atoms with van der Waals surface area (Å²) in [6.07, 6.45) is 2.46. The molecule has 2 N–H and O–H groups in total. The second kappa shape index (κ2) is 7.58. The SMILES string of the molecule is [B]C(=NCC)C(C=C)=CNNC(=O)OC(C)(C)C. The van der Waals surface area contributed by atoms with Crippen molar-refractivity contribution >= 4 is 19.6 Å². The Bertz CT molecular complexity index is 357. The summed E-state index contributed by atoms with van der Waals surface area (Å²) in [6, 6.07) is 0. The minimum atomic E-state index is -0.576. The van der Waals surface area contributed by atoms with E-state index in [1.165, 1.54) is 12.3 Å². The number of allylic oxidation sites excluding steroid dienone is 2. The average molecular weight is 249 g/mol. The van der Waals surface area contributed by atoms with E-state index in [1.54, 1.807) is 20.8 Å². The van der Waals surface area contributed by atoms with Gasteiger partial charge in [0.05, 0.1) is 0 Å². The molecule has 0 atom stereocenters. The summed E-state index contributed by atoms with van der Waals surface area (Å²) in [5.41, 5.74) is 5.34. The molecular formula is C12H20BN3O2. The summed E-state index contributed by atoms with van der Waals surface area (Å²) in [6.45, 7) is 11.4. The van der Waals surface area contributed by atoms with Crippen LogP contribution in [0.15, 0.2) is 29.4 Å². The van der Waals surface area contributed by atoms with Crippen LogP contribution in [-0.4, -0.2) is 31.7 Å². The van der Waals surface area contributed by atoms with Crippen molar-refractivity contribution in [3.05, 3.63) is 24.4 Å². The fourth-order valence-corrected chi connectivity index (χ4v) is 0.975. The maximum atomic E-state index is 11.3. The van der Waals surface area contributed by atoms with Gasteiger partial charge in [0.2, 0.25) is 0 Å². The lowest BCUT2D eigenvalue weighted by molar-refractivity contribution is 0.0509. The van der Waals surface area contributed by atoms with Crippen LogP contribution in [-0.2, 0) is 4.74 Å². The van der Waals surface area contributed by atoms with Crippen LogP contribution in [0.25, 0.3) is 0 Å². The summed E-state index contributed by atoms with van der Waals surface area (Å²) in [5, 5.41) is 0. The van der Waals surface area contributed by atoms with Crippen LogP contribution in [0.5, 0.6) is 0 Å². The highest BCUT2D eigenvalue weighted by Gasteiger charge is 2.15. The molecule has 0 aromatic rings. The standard InChI is InChI=1S/C12H20BN3O2/c1-6-9(10(13)14-7-2)8-15-16-11(17)18-12(3,4)5/h6,8,15H,1,7H2,2-5H3,(H,16,17). The number of amides is 1. The van der Waals surface area contributed by atoms with Gasteiger partial charge in [-0.2, -0.15) is 0 Å². The molecule has 0 aromatic carbocycles. The highest BCUT2D eigenvalue weighted by atomic mass is 16.6. The van der Waals surface area contributed by atoms with Gasteiger partial charge < -0.3 is 15.2 Å². The van der Waals surface area contributed by atoms with Crippen molar-refractivity contribution in [3.63, 3.8) is 0 Å². The molecule has 18 heavy (non-hydrogen) atoms. The highest BCUT2D eigenvalue weighted by molar-refractivity contribution is 6.64. The summed E-state index contributed by atoms with van der Waals surface area (Å²) in [4.78, 5) is 15.3. The van der Waals surface area contributed by atoms with Crippen molar-refractivity contribution < 1.29 is 9.53 Å². The van der Waals surface area contributed by atoms with Crippen molar-refractivity contribution in [3.8, 4) is 0 Å². The van der Waals surface area contributed by atoms with Gasteiger partial charge in [-0.3, -0.25) is 0 Å². The minimum Gasteiger partial charge on any atom is -0.443 e. The molecule has 2 radical (unpaired) electrons. The van der Waals surface area contributed by atoms with E-state index in [2.05, 4.69) is 22.4 Å². The van der Waals surface area contributed by atoms with E-state index in [-0.39, 0.29) is 0 Å². The van der Waals surface area contributed by atoms with E-state index in [0.717, 1.165) is 0 Å². The molecule has 98 valence electrons. The number of carbonyl (C=O) groups is 1. The number of aliphatic imine (C=N–C) groups is 1. The Balaban J connectivity index is 4.33. The molecule has 0 bridgehead atoms. The fourth-order valence-electron chi connectivity index (χ4n) is 0.975. The Labute approximate surface area is 110 Å². The van der Waals surface area contributed by atoms with Crippen LogP contribution in [0.3, 0.4) is 0 Å². The molecule has 1 amide bonds. The number of hydrazine groups is 1. The number of hydrogen-bond donors (Lipinski definition) is 2. The van der Waals surface area contributed by atoms with Gasteiger partial charge in [0.15, 0.2) is 0 Å². The van der Waals surface area contributed by atoms with E-state index < -0.39 is 11.7 Å². The first-order valence-corrected chi connectivity index (χ1v) is 5.67. The summed E-state index contributed by atoms with van der Waals surface area (Å²) in [5.74, 6) is 0. The smallest absolute Gasteiger partial charge is 0.426 e. The van der Waals surface area contributed by atoms with E-state index >= 15 is 0 Å². The van der Waals surface area contributed by atoms with Crippen LogP contribution in [0.2, 0.25) is 0 Å². The van der Waals surface area contributed by atoms with Gasteiger partial charge in [0.25, 0.3) is 0 Å². The van der Waals surface area contributed by atoms with Crippen molar-refractivity contribution in [1.82, 2.24) is 10.9 Å². The summed E-state index contributed by atoms with van der Waals surface area (Å²) >= 11 is 0. The largest absolute Gasteiger partial charge is 0.443 e. The zero-order valence-corrected chi connectivity index (χ0v) is 11.4. The Kier molecular flexibility index (Phi) is 6.86. The molecule has 0 aromatic heterocycles. The zero-order valence-electron chi connectivity index (χ0n) is 11.4. The maximum absolute atomic E-state index is 11.3. The third kappa shape index (κ3) is 7.54. The van der Waals surface area contributed by atoms with Crippen molar-refractivity contribution in [2.45, 2.75) is 33.3 Å². The van der Waals surface area contributed by atoms with Gasteiger partial charge in [0, 0.05) is 18.3 Å². The van der Waals surface area contributed by atoms with Crippen LogP contribution >= 0.6 is 0 Å². The van der Waals surface area contributed by atoms with Gasteiger partial charge in [-0.05, 0) is 33.3 Å². The van der Waals surface area contributed by atoms with E-state index in [0.29, 0.717) is 17.7 Å². The fraction of sp³-hybridized carbons (Fsp3) is 0.500. The predicted octanol–water partition coefficient (Wildman–Crippen LogP) is 1.67. The number of nitrogens with zero attached hydrogens (tertiary/aromatic N) is 1. The quantitative estimate of drug-likeness (QED) is 0.337. The predicted molar refractivity (Wildman–Crippen MR) is 74.5 cm³/mol. The monoisotopic (exact) mass is 249 g/mol. The lowest BCUT2D eigenvalue weighted by atomic mass is 9.93. The molecule has 6 heteroatoms. The lowest BCUT2D eigenvalue weighted by Crippen LogP contribution is -2.38. The molecule has 0 aliphatic heterocycles. The molecule has 0 spiro atoms. The molecule has 0 rings (SSSR count). The molecule has 0 heterocycles. The first kappa shape index (κ1) is 16.3. The Morgan fingerprint density at radius 2 is 2.11 bits per heavy atom. The van der Waals surface area contributed by atoms with E-state index in [9.17, 15) is 4.79 Å². The lowest BCUT2D eigenvalue weighted by Gasteiger charge is -2.19. The maximum Gasteiger partial charge on any atom is 0.426 e. The number of rotatable bonds is 5. The summed E-state index contributed by atoms with van der Waals surface area (Å²) < 4.78 is 5.03. The van der Waals surface area contributed by atoms with Gasteiger partial charge in [-0.15, -0.1) is 0 Å². The first-order valence-electron chi connectivity index (χ1n) is 5.67. The number of nitrogens with one attached hydrogen (secondary N) is 2. The molecule has 0 saturated carbocycles. The van der Waals surface area contributed by atoms with Crippen LogP contribution in [0.1, 0.15) is 27.7 Å².